The molecule has 5 nitrogen and oxygen atoms in total. The summed E-state index contributed by atoms with van der Waals surface area (Å²) in [5.41, 5.74) is 3.23. The van der Waals surface area contributed by atoms with Gasteiger partial charge in [-0.05, 0) is 29.5 Å². The number of nitrogens with one attached hydrogen (secondary N) is 1. The molecule has 1 aliphatic rings. The van der Waals surface area contributed by atoms with E-state index in [0.717, 1.165) is 17.5 Å². The van der Waals surface area contributed by atoms with Crippen LogP contribution in [0.3, 0.4) is 0 Å². The van der Waals surface area contributed by atoms with Gasteiger partial charge in [0.1, 0.15) is 0 Å². The van der Waals surface area contributed by atoms with Gasteiger partial charge >= 0.3 is 0 Å². The zero-order valence-electron chi connectivity index (χ0n) is 15.6. The third-order valence-electron chi connectivity index (χ3n) is 5.07. The van der Waals surface area contributed by atoms with Crippen LogP contribution in [0, 0.1) is 0 Å². The van der Waals surface area contributed by atoms with Gasteiger partial charge in [0.15, 0.2) is 0 Å². The summed E-state index contributed by atoms with van der Waals surface area (Å²) in [5.74, 6) is -0.453. The molecule has 1 amide bonds. The Morgan fingerprint density at radius 3 is 2.44 bits per heavy atom. The number of sulfonamides is 1. The molecule has 3 rings (SSSR count). The van der Waals surface area contributed by atoms with Gasteiger partial charge in [-0.2, -0.15) is 4.31 Å². The molecule has 1 N–H and O–H groups in total. The number of benzene rings is 2. The van der Waals surface area contributed by atoms with Gasteiger partial charge in [-0.25, -0.2) is 8.42 Å². The zero-order valence-corrected chi connectivity index (χ0v) is 16.4. The Morgan fingerprint density at radius 1 is 1.07 bits per heavy atom. The van der Waals surface area contributed by atoms with E-state index in [4.69, 9.17) is 0 Å². The molecule has 2 aromatic carbocycles. The highest BCUT2D eigenvalue weighted by Crippen LogP contribution is 2.21. The maximum Gasteiger partial charge on any atom is 0.227 e. The van der Waals surface area contributed by atoms with E-state index in [1.807, 2.05) is 61.5 Å². The van der Waals surface area contributed by atoms with Crippen molar-refractivity contribution in [3.8, 4) is 0 Å². The standard InChI is InChI=1S/C21H26N2O3S/c1-2-20(18-9-4-3-5-10-18)21(24)22-13-15-27(25,26)23-14-12-17-8-6-7-11-19(17)16-23/h3-11,20H,2,12-16H2,1H3,(H,22,24). The highest BCUT2D eigenvalue weighted by atomic mass is 32.2. The van der Waals surface area contributed by atoms with E-state index in [9.17, 15) is 13.2 Å². The second kappa shape index (κ2) is 8.67. The van der Waals surface area contributed by atoms with Crippen molar-refractivity contribution in [2.75, 3.05) is 18.8 Å². The van der Waals surface area contributed by atoms with Gasteiger partial charge in [-0.3, -0.25) is 4.79 Å². The Kier molecular flexibility index (Phi) is 6.29. The van der Waals surface area contributed by atoms with Crippen molar-refractivity contribution in [2.24, 2.45) is 0 Å². The Hall–Kier alpha value is -2.18. The van der Waals surface area contributed by atoms with Crippen molar-refractivity contribution in [2.45, 2.75) is 32.2 Å². The highest BCUT2D eigenvalue weighted by molar-refractivity contribution is 7.89. The number of nitrogens with zero attached hydrogens (tertiary/aromatic N) is 1. The molecule has 1 heterocycles. The monoisotopic (exact) mass is 386 g/mol. The summed E-state index contributed by atoms with van der Waals surface area (Å²) >= 11 is 0. The minimum absolute atomic E-state index is 0.0773. The van der Waals surface area contributed by atoms with E-state index in [1.165, 1.54) is 9.87 Å². The van der Waals surface area contributed by atoms with Crippen molar-refractivity contribution >= 4 is 15.9 Å². The second-order valence-electron chi connectivity index (χ2n) is 6.83. The van der Waals surface area contributed by atoms with Crippen LogP contribution >= 0.6 is 0 Å². The third-order valence-corrected chi connectivity index (χ3v) is 6.89. The lowest BCUT2D eigenvalue weighted by molar-refractivity contribution is -0.122. The molecule has 0 saturated heterocycles. The molecule has 1 atom stereocenters. The number of carbonyl (C=O) groups excluding carboxylic acids is 1. The second-order valence-corrected chi connectivity index (χ2v) is 8.92. The van der Waals surface area contributed by atoms with Gasteiger partial charge in [0.05, 0.1) is 11.7 Å². The van der Waals surface area contributed by atoms with Gasteiger partial charge in [-0.15, -0.1) is 0 Å². The maximum absolute atomic E-state index is 12.7. The van der Waals surface area contributed by atoms with Crippen LogP contribution in [-0.2, 0) is 27.8 Å². The van der Waals surface area contributed by atoms with Crippen molar-refractivity contribution in [1.29, 1.82) is 0 Å². The van der Waals surface area contributed by atoms with Crippen LogP contribution in [0.2, 0.25) is 0 Å². The molecule has 1 unspecified atom stereocenters. The number of hydrogen-bond donors (Lipinski definition) is 1. The molecule has 0 radical (unpaired) electrons. The third kappa shape index (κ3) is 4.76. The average Bonchev–Trinajstić information content (AvgIpc) is 2.69. The summed E-state index contributed by atoms with van der Waals surface area (Å²) in [7, 11) is -3.40. The van der Waals surface area contributed by atoms with Gasteiger partial charge in [0, 0.05) is 19.6 Å². The zero-order chi connectivity index (χ0) is 19.3. The minimum atomic E-state index is -3.40. The van der Waals surface area contributed by atoms with E-state index in [1.54, 1.807) is 0 Å². The molecule has 6 heteroatoms. The van der Waals surface area contributed by atoms with Crippen LogP contribution in [0.25, 0.3) is 0 Å². The predicted octanol–water partition coefficient (Wildman–Crippen LogP) is 2.68. The predicted molar refractivity (Wildman–Crippen MR) is 107 cm³/mol. The Balaban J connectivity index is 1.56. The van der Waals surface area contributed by atoms with Crippen molar-refractivity contribution in [3.05, 3.63) is 71.3 Å². The summed E-state index contributed by atoms with van der Waals surface area (Å²) in [6.07, 6.45) is 1.40. The number of hydrogen-bond acceptors (Lipinski definition) is 3. The van der Waals surface area contributed by atoms with Gasteiger partial charge < -0.3 is 5.32 Å². The first-order valence-electron chi connectivity index (χ1n) is 9.38. The highest BCUT2D eigenvalue weighted by Gasteiger charge is 2.26. The quantitative estimate of drug-likeness (QED) is 0.796. The molecule has 0 saturated carbocycles. The maximum atomic E-state index is 12.7. The fourth-order valence-corrected chi connectivity index (χ4v) is 4.84. The van der Waals surface area contributed by atoms with Gasteiger partial charge in [-0.1, -0.05) is 61.5 Å². The molecule has 0 bridgehead atoms. The average molecular weight is 387 g/mol. The Labute approximate surface area is 161 Å². The minimum Gasteiger partial charge on any atom is -0.354 e. The van der Waals surface area contributed by atoms with Crippen LogP contribution in [0.1, 0.15) is 36.0 Å². The molecule has 0 aliphatic carbocycles. The topological polar surface area (TPSA) is 66.5 Å². The number of amides is 1. The summed E-state index contributed by atoms with van der Waals surface area (Å²) in [4.78, 5) is 12.5. The molecule has 0 fully saturated rings. The smallest absolute Gasteiger partial charge is 0.227 e. The summed E-state index contributed by atoms with van der Waals surface area (Å²) < 4.78 is 26.8. The van der Waals surface area contributed by atoms with Crippen molar-refractivity contribution < 1.29 is 13.2 Å². The van der Waals surface area contributed by atoms with Crippen LogP contribution in [0.15, 0.2) is 54.6 Å². The molecule has 2 aromatic rings. The Bertz CT molecular complexity index is 881. The van der Waals surface area contributed by atoms with E-state index in [2.05, 4.69) is 5.32 Å². The first kappa shape index (κ1) is 19.6. The fourth-order valence-electron chi connectivity index (χ4n) is 3.52. The van der Waals surface area contributed by atoms with Crippen LogP contribution in [0.5, 0.6) is 0 Å². The number of fused-ring (bicyclic) bond motifs is 1. The van der Waals surface area contributed by atoms with Crippen LogP contribution in [-0.4, -0.2) is 37.5 Å². The lowest BCUT2D eigenvalue weighted by Gasteiger charge is -2.28. The molecule has 0 aromatic heterocycles. The van der Waals surface area contributed by atoms with Crippen molar-refractivity contribution in [3.63, 3.8) is 0 Å². The lowest BCUT2D eigenvalue weighted by Crippen LogP contribution is -2.41. The SMILES string of the molecule is CCC(C(=O)NCCS(=O)(=O)N1CCc2ccccc2C1)c1ccccc1. The number of carbonyl (C=O) groups is 1. The van der Waals surface area contributed by atoms with E-state index in [-0.39, 0.29) is 24.1 Å². The largest absolute Gasteiger partial charge is 0.354 e. The van der Waals surface area contributed by atoms with E-state index in [0.29, 0.717) is 19.5 Å². The summed E-state index contributed by atoms with van der Waals surface area (Å²) in [6.45, 7) is 2.99. The summed E-state index contributed by atoms with van der Waals surface area (Å²) in [6, 6.07) is 17.5. The first-order valence-corrected chi connectivity index (χ1v) is 11.0. The molecule has 1 aliphatic heterocycles. The molecular weight excluding hydrogens is 360 g/mol. The molecule has 144 valence electrons. The summed E-state index contributed by atoms with van der Waals surface area (Å²) in [5, 5.41) is 2.80. The lowest BCUT2D eigenvalue weighted by atomic mass is 9.96. The molecule has 0 spiro atoms. The van der Waals surface area contributed by atoms with Crippen LogP contribution < -0.4 is 5.32 Å². The molecule has 27 heavy (non-hydrogen) atoms. The van der Waals surface area contributed by atoms with Gasteiger partial charge in [0.25, 0.3) is 0 Å². The van der Waals surface area contributed by atoms with Gasteiger partial charge in [0.2, 0.25) is 15.9 Å². The fraction of sp³-hybridized carbons (Fsp3) is 0.381. The Morgan fingerprint density at radius 2 is 1.74 bits per heavy atom. The van der Waals surface area contributed by atoms with E-state index < -0.39 is 10.0 Å². The molecular formula is C21H26N2O3S. The first-order chi connectivity index (χ1) is 13.0. The van der Waals surface area contributed by atoms with Crippen molar-refractivity contribution in [1.82, 2.24) is 9.62 Å². The number of rotatable bonds is 7. The van der Waals surface area contributed by atoms with Crippen LogP contribution in [0.4, 0.5) is 0 Å². The normalized spacial score (nSPS) is 15.7. The van der Waals surface area contributed by atoms with E-state index >= 15 is 0 Å².